The van der Waals surface area contributed by atoms with Gasteiger partial charge in [0.1, 0.15) is 16.9 Å². The molecule has 0 atom stereocenters. The normalized spacial score (nSPS) is 19.9. The lowest BCUT2D eigenvalue weighted by Crippen LogP contribution is -2.40. The summed E-state index contributed by atoms with van der Waals surface area (Å²) in [5.41, 5.74) is 4.31. The fraction of sp³-hybridized carbons (Fsp3) is 0.522. The van der Waals surface area contributed by atoms with Crippen LogP contribution in [0, 0.1) is 0 Å². The van der Waals surface area contributed by atoms with E-state index in [4.69, 9.17) is 14.6 Å². The fourth-order valence-electron chi connectivity index (χ4n) is 4.77. The maximum atomic E-state index is 12.7. The second-order valence-corrected chi connectivity index (χ2v) is 9.03. The molecule has 1 amide bonds. The van der Waals surface area contributed by atoms with Gasteiger partial charge in [-0.1, -0.05) is 0 Å². The highest BCUT2D eigenvalue weighted by atomic mass is 35.5. The molecule has 1 saturated carbocycles. The Kier molecular flexibility index (Phi) is 6.97. The number of nitrogens with one attached hydrogen (secondary N) is 2. The molecule has 0 unspecified atom stereocenters. The van der Waals surface area contributed by atoms with Gasteiger partial charge >= 0.3 is 0 Å². The number of halogens is 1. The predicted molar refractivity (Wildman–Crippen MR) is 129 cm³/mol. The van der Waals surface area contributed by atoms with Crippen molar-refractivity contribution in [3.8, 4) is 0 Å². The molecule has 1 aromatic carbocycles. The van der Waals surface area contributed by atoms with Gasteiger partial charge in [0.15, 0.2) is 0 Å². The van der Waals surface area contributed by atoms with Gasteiger partial charge in [-0.3, -0.25) is 4.79 Å². The van der Waals surface area contributed by atoms with E-state index in [1.165, 1.54) is 24.1 Å². The molecular weight excluding hydrogens is 442 g/mol. The molecule has 2 aliphatic rings. The number of rotatable bonds is 5. The summed E-state index contributed by atoms with van der Waals surface area (Å²) in [6, 6.07) is 5.70. The lowest BCUT2D eigenvalue weighted by Gasteiger charge is -2.30. The van der Waals surface area contributed by atoms with Crippen molar-refractivity contribution in [1.82, 2.24) is 25.6 Å². The Hall–Kier alpha value is -2.94. The number of nitrogens with zero attached hydrogens (tertiary/aromatic N) is 5. The van der Waals surface area contributed by atoms with Crippen molar-refractivity contribution in [3.63, 3.8) is 0 Å². The smallest absolute Gasteiger partial charge is 0.251 e. The second kappa shape index (κ2) is 9.91. The van der Waals surface area contributed by atoms with E-state index in [1.807, 2.05) is 14.1 Å². The van der Waals surface area contributed by atoms with Crippen LogP contribution in [0.3, 0.4) is 0 Å². The first-order valence-corrected chi connectivity index (χ1v) is 11.4. The van der Waals surface area contributed by atoms with Gasteiger partial charge in [0.25, 0.3) is 5.91 Å². The van der Waals surface area contributed by atoms with Crippen molar-refractivity contribution in [1.29, 1.82) is 0 Å². The van der Waals surface area contributed by atoms with Gasteiger partial charge in [0, 0.05) is 37.3 Å². The number of amides is 1. The average molecular weight is 472 g/mol. The lowest BCUT2D eigenvalue weighted by atomic mass is 9.91. The average Bonchev–Trinajstić information content (AvgIpc) is 3.27. The van der Waals surface area contributed by atoms with Gasteiger partial charge in [0.05, 0.1) is 5.69 Å². The number of hydrogen-bond acceptors (Lipinski definition) is 8. The van der Waals surface area contributed by atoms with Gasteiger partial charge in [0.2, 0.25) is 5.95 Å². The third-order valence-electron chi connectivity index (χ3n) is 6.50. The highest BCUT2D eigenvalue weighted by Crippen LogP contribution is 2.29. The standard InChI is InChI=1S/C23H29N7O2.ClH/c1-30(2)21-17-5-3-4-6-18(17)26-23(27-21)25-16-10-8-15(9-11-16)24-22(31)14-7-12-19-20(13-14)29-32-28-19;/h7,12-13,15-16H,3-6,8-11H2,1-2H3,(H,24,31)(H,25,26,27);1H/t15-,16+;. The van der Waals surface area contributed by atoms with E-state index in [-0.39, 0.29) is 24.4 Å². The number of aromatic nitrogens is 4. The number of anilines is 2. The van der Waals surface area contributed by atoms with Crippen LogP contribution >= 0.6 is 12.4 Å². The minimum atomic E-state index is -0.0834. The van der Waals surface area contributed by atoms with Gasteiger partial charge in [-0.15, -0.1) is 12.4 Å². The summed E-state index contributed by atoms with van der Waals surface area (Å²) in [6.07, 6.45) is 8.27. The van der Waals surface area contributed by atoms with E-state index in [0.717, 1.165) is 50.3 Å². The summed E-state index contributed by atoms with van der Waals surface area (Å²) in [5.74, 6) is 1.69. The van der Waals surface area contributed by atoms with Gasteiger partial charge < -0.3 is 15.5 Å². The summed E-state index contributed by atoms with van der Waals surface area (Å²) in [7, 11) is 4.09. The Balaban J connectivity index is 0.00000259. The Morgan fingerprint density at radius 3 is 2.52 bits per heavy atom. The zero-order valence-electron chi connectivity index (χ0n) is 19.0. The molecule has 3 aromatic rings. The minimum Gasteiger partial charge on any atom is -0.362 e. The summed E-state index contributed by atoms with van der Waals surface area (Å²) in [5, 5.41) is 14.3. The summed E-state index contributed by atoms with van der Waals surface area (Å²) in [4.78, 5) is 24.4. The molecule has 1 fully saturated rings. The maximum absolute atomic E-state index is 12.7. The highest BCUT2D eigenvalue weighted by molar-refractivity contribution is 5.97. The van der Waals surface area contributed by atoms with E-state index >= 15 is 0 Å². The van der Waals surface area contributed by atoms with E-state index in [1.54, 1.807) is 18.2 Å². The first-order chi connectivity index (χ1) is 15.6. The molecule has 2 heterocycles. The molecule has 0 saturated heterocycles. The summed E-state index contributed by atoms with van der Waals surface area (Å²) < 4.78 is 4.71. The largest absolute Gasteiger partial charge is 0.362 e. The number of hydrogen-bond donors (Lipinski definition) is 2. The van der Waals surface area contributed by atoms with Crippen molar-refractivity contribution in [2.75, 3.05) is 24.3 Å². The Bertz CT molecular complexity index is 1130. The molecule has 33 heavy (non-hydrogen) atoms. The molecule has 176 valence electrons. The van der Waals surface area contributed by atoms with Crippen LogP contribution in [-0.2, 0) is 12.8 Å². The fourth-order valence-corrected chi connectivity index (χ4v) is 4.77. The molecule has 0 radical (unpaired) electrons. The van der Waals surface area contributed by atoms with Crippen molar-refractivity contribution < 1.29 is 9.42 Å². The third kappa shape index (κ3) is 5.03. The number of aryl methyl sites for hydroxylation is 1. The number of fused-ring (bicyclic) bond motifs is 2. The molecule has 2 aliphatic carbocycles. The second-order valence-electron chi connectivity index (χ2n) is 9.03. The SMILES string of the molecule is CN(C)c1nc(N[C@H]2CC[C@@H](NC(=O)c3ccc4nonc4c3)CC2)nc2c1CCCC2.Cl. The Labute approximate surface area is 199 Å². The van der Waals surface area contributed by atoms with E-state index < -0.39 is 0 Å². The van der Waals surface area contributed by atoms with Crippen LogP contribution in [-0.4, -0.2) is 52.4 Å². The molecule has 5 rings (SSSR count). The topological polar surface area (TPSA) is 109 Å². The van der Waals surface area contributed by atoms with Gasteiger partial charge in [-0.25, -0.2) is 9.61 Å². The Morgan fingerprint density at radius 2 is 1.73 bits per heavy atom. The number of benzene rings is 1. The summed E-state index contributed by atoms with van der Waals surface area (Å²) in [6.45, 7) is 0. The van der Waals surface area contributed by atoms with Crippen molar-refractivity contribution in [3.05, 3.63) is 35.0 Å². The molecule has 10 heteroatoms. The molecule has 0 bridgehead atoms. The molecular formula is C23H30ClN7O2. The zero-order chi connectivity index (χ0) is 22.1. The zero-order valence-corrected chi connectivity index (χ0v) is 19.8. The van der Waals surface area contributed by atoms with E-state index in [9.17, 15) is 4.79 Å². The lowest BCUT2D eigenvalue weighted by molar-refractivity contribution is 0.0926. The third-order valence-corrected chi connectivity index (χ3v) is 6.50. The monoisotopic (exact) mass is 471 g/mol. The van der Waals surface area contributed by atoms with Crippen LogP contribution in [0.1, 0.15) is 60.1 Å². The van der Waals surface area contributed by atoms with Crippen molar-refractivity contribution in [2.24, 2.45) is 0 Å². The highest BCUT2D eigenvalue weighted by Gasteiger charge is 2.25. The van der Waals surface area contributed by atoms with Crippen LogP contribution in [0.25, 0.3) is 11.0 Å². The molecule has 2 aromatic heterocycles. The predicted octanol–water partition coefficient (Wildman–Crippen LogP) is 3.53. The number of carbonyl (C=O) groups is 1. The minimum absolute atomic E-state index is 0. The van der Waals surface area contributed by atoms with Gasteiger partial charge in [-0.2, -0.15) is 4.98 Å². The van der Waals surface area contributed by atoms with E-state index in [2.05, 4.69) is 25.8 Å². The van der Waals surface area contributed by atoms with Crippen LogP contribution in [0.5, 0.6) is 0 Å². The first-order valence-electron chi connectivity index (χ1n) is 11.4. The molecule has 2 N–H and O–H groups in total. The van der Waals surface area contributed by atoms with E-state index in [0.29, 0.717) is 22.6 Å². The maximum Gasteiger partial charge on any atom is 0.251 e. The first kappa shape index (κ1) is 23.2. The van der Waals surface area contributed by atoms with Crippen LogP contribution in [0.2, 0.25) is 0 Å². The molecule has 0 spiro atoms. The van der Waals surface area contributed by atoms with Gasteiger partial charge in [-0.05, 0) is 79.9 Å². The van der Waals surface area contributed by atoms with Crippen LogP contribution in [0.4, 0.5) is 11.8 Å². The van der Waals surface area contributed by atoms with Crippen LogP contribution < -0.4 is 15.5 Å². The van der Waals surface area contributed by atoms with Crippen molar-refractivity contribution >= 4 is 41.1 Å². The van der Waals surface area contributed by atoms with Crippen molar-refractivity contribution in [2.45, 2.75) is 63.5 Å². The quantitative estimate of drug-likeness (QED) is 0.581. The van der Waals surface area contributed by atoms with Crippen LogP contribution in [0.15, 0.2) is 22.8 Å². The molecule has 0 aliphatic heterocycles. The summed E-state index contributed by atoms with van der Waals surface area (Å²) >= 11 is 0. The molecule has 9 nitrogen and oxygen atoms in total. The Morgan fingerprint density at radius 1 is 1.00 bits per heavy atom. The number of carbonyl (C=O) groups excluding carboxylic acids is 1.